The van der Waals surface area contributed by atoms with E-state index in [1.165, 1.54) is 12.1 Å². The predicted molar refractivity (Wildman–Crippen MR) is 113 cm³/mol. The van der Waals surface area contributed by atoms with Crippen LogP contribution in [0.1, 0.15) is 5.56 Å². The van der Waals surface area contributed by atoms with Crippen LogP contribution >= 0.6 is 0 Å². The van der Waals surface area contributed by atoms with Gasteiger partial charge in [-0.15, -0.1) is 0 Å². The Labute approximate surface area is 170 Å². The van der Waals surface area contributed by atoms with Gasteiger partial charge in [0.1, 0.15) is 17.4 Å². The molecule has 1 saturated heterocycles. The first-order valence-corrected chi connectivity index (χ1v) is 9.67. The number of nitrogens with zero attached hydrogens (tertiary/aromatic N) is 4. The molecule has 1 N–H and O–H groups in total. The maximum absolute atomic E-state index is 13.1. The lowest BCUT2D eigenvalue weighted by atomic mass is 10.2. The molecule has 7 heteroatoms. The van der Waals surface area contributed by atoms with Crippen molar-refractivity contribution in [2.75, 3.05) is 48.4 Å². The molecule has 1 aliphatic rings. The number of halogens is 1. The van der Waals surface area contributed by atoms with Crippen molar-refractivity contribution in [1.29, 1.82) is 0 Å². The molecule has 0 unspecified atom stereocenters. The Morgan fingerprint density at radius 1 is 0.966 bits per heavy atom. The van der Waals surface area contributed by atoms with E-state index in [1.54, 1.807) is 13.3 Å². The Bertz CT molecular complexity index is 942. The molecule has 6 nitrogen and oxygen atoms in total. The lowest BCUT2D eigenvalue weighted by molar-refractivity contribution is 0.410. The van der Waals surface area contributed by atoms with E-state index in [0.717, 1.165) is 49.0 Å². The number of anilines is 3. The summed E-state index contributed by atoms with van der Waals surface area (Å²) in [5.41, 5.74) is 2.11. The van der Waals surface area contributed by atoms with Gasteiger partial charge in [-0.05, 0) is 36.4 Å². The van der Waals surface area contributed by atoms with Crippen LogP contribution in [0, 0.1) is 5.82 Å². The van der Waals surface area contributed by atoms with Gasteiger partial charge in [-0.25, -0.2) is 9.37 Å². The molecular weight excluding hydrogens is 369 g/mol. The van der Waals surface area contributed by atoms with Gasteiger partial charge in [-0.2, -0.15) is 4.98 Å². The van der Waals surface area contributed by atoms with Crippen LogP contribution in [0.4, 0.5) is 21.8 Å². The van der Waals surface area contributed by atoms with E-state index in [-0.39, 0.29) is 5.82 Å². The summed E-state index contributed by atoms with van der Waals surface area (Å²) in [6, 6.07) is 16.4. The molecule has 150 valence electrons. The highest BCUT2D eigenvalue weighted by atomic mass is 19.1. The van der Waals surface area contributed by atoms with Crippen LogP contribution in [-0.2, 0) is 6.54 Å². The van der Waals surface area contributed by atoms with Crippen molar-refractivity contribution in [3.63, 3.8) is 0 Å². The normalized spacial score (nSPS) is 14.0. The fourth-order valence-electron chi connectivity index (χ4n) is 3.45. The van der Waals surface area contributed by atoms with E-state index in [1.807, 2.05) is 42.5 Å². The smallest absolute Gasteiger partial charge is 0.227 e. The van der Waals surface area contributed by atoms with Gasteiger partial charge < -0.3 is 19.9 Å². The summed E-state index contributed by atoms with van der Waals surface area (Å²) in [6.07, 6.45) is 1.78. The molecule has 0 saturated carbocycles. The van der Waals surface area contributed by atoms with Gasteiger partial charge >= 0.3 is 0 Å². The second kappa shape index (κ2) is 8.77. The van der Waals surface area contributed by atoms with E-state index in [0.29, 0.717) is 12.5 Å². The van der Waals surface area contributed by atoms with Crippen molar-refractivity contribution in [2.24, 2.45) is 0 Å². The lowest BCUT2D eigenvalue weighted by Gasteiger charge is -2.36. The summed E-state index contributed by atoms with van der Waals surface area (Å²) in [4.78, 5) is 13.5. The van der Waals surface area contributed by atoms with E-state index >= 15 is 0 Å². The van der Waals surface area contributed by atoms with Crippen molar-refractivity contribution in [3.8, 4) is 5.75 Å². The second-order valence-corrected chi connectivity index (χ2v) is 6.86. The molecule has 0 aliphatic carbocycles. The van der Waals surface area contributed by atoms with Crippen molar-refractivity contribution in [2.45, 2.75) is 6.54 Å². The molecule has 0 amide bonds. The van der Waals surface area contributed by atoms with Crippen LogP contribution in [-0.4, -0.2) is 43.3 Å². The van der Waals surface area contributed by atoms with Gasteiger partial charge in [0.15, 0.2) is 0 Å². The average molecular weight is 393 g/mol. The number of nitrogens with one attached hydrogen (secondary N) is 1. The molecule has 1 fully saturated rings. The number of piperazine rings is 1. The van der Waals surface area contributed by atoms with E-state index in [2.05, 4.69) is 25.1 Å². The number of methoxy groups -OCH3 is 1. The molecule has 2 heterocycles. The summed E-state index contributed by atoms with van der Waals surface area (Å²) in [7, 11) is 1.67. The first-order chi connectivity index (χ1) is 14.2. The van der Waals surface area contributed by atoms with Crippen molar-refractivity contribution in [3.05, 3.63) is 72.2 Å². The van der Waals surface area contributed by atoms with Crippen molar-refractivity contribution in [1.82, 2.24) is 9.97 Å². The second-order valence-electron chi connectivity index (χ2n) is 6.86. The van der Waals surface area contributed by atoms with Gasteiger partial charge in [-0.3, -0.25) is 0 Å². The molecule has 2 aromatic carbocycles. The van der Waals surface area contributed by atoms with Crippen LogP contribution in [0.25, 0.3) is 0 Å². The topological polar surface area (TPSA) is 53.5 Å². The first kappa shape index (κ1) is 19.0. The third kappa shape index (κ3) is 4.56. The molecule has 0 spiro atoms. The fourth-order valence-corrected chi connectivity index (χ4v) is 3.45. The molecular formula is C22H24FN5O. The summed E-state index contributed by atoms with van der Waals surface area (Å²) < 4.78 is 18.5. The average Bonchev–Trinajstić information content (AvgIpc) is 2.79. The van der Waals surface area contributed by atoms with Gasteiger partial charge in [0, 0.05) is 50.2 Å². The number of hydrogen-bond donors (Lipinski definition) is 1. The van der Waals surface area contributed by atoms with E-state index < -0.39 is 0 Å². The Morgan fingerprint density at radius 3 is 2.45 bits per heavy atom. The van der Waals surface area contributed by atoms with Crippen LogP contribution in [0.5, 0.6) is 5.75 Å². The minimum atomic E-state index is -0.210. The summed E-state index contributed by atoms with van der Waals surface area (Å²) in [5.74, 6) is 2.14. The SMILES string of the molecule is COc1ccccc1CNc1ccnc(N2CCN(c3ccc(F)cc3)CC2)n1. The third-order valence-corrected chi connectivity index (χ3v) is 5.05. The van der Waals surface area contributed by atoms with Gasteiger partial charge in [-0.1, -0.05) is 18.2 Å². The summed E-state index contributed by atoms with van der Waals surface area (Å²) in [6.45, 7) is 3.93. The largest absolute Gasteiger partial charge is 0.496 e. The molecule has 0 bridgehead atoms. The zero-order valence-corrected chi connectivity index (χ0v) is 16.4. The zero-order valence-electron chi connectivity index (χ0n) is 16.4. The number of rotatable bonds is 6. The minimum absolute atomic E-state index is 0.210. The third-order valence-electron chi connectivity index (χ3n) is 5.05. The number of hydrogen-bond acceptors (Lipinski definition) is 6. The molecule has 0 radical (unpaired) electrons. The van der Waals surface area contributed by atoms with Crippen LogP contribution < -0.4 is 19.9 Å². The van der Waals surface area contributed by atoms with Crippen LogP contribution in [0.15, 0.2) is 60.8 Å². The van der Waals surface area contributed by atoms with Gasteiger partial charge in [0.05, 0.1) is 7.11 Å². The fraction of sp³-hybridized carbons (Fsp3) is 0.273. The van der Waals surface area contributed by atoms with Crippen molar-refractivity contribution >= 4 is 17.5 Å². The predicted octanol–water partition coefficient (Wildman–Crippen LogP) is 3.56. The first-order valence-electron chi connectivity index (χ1n) is 9.67. The Hall–Kier alpha value is -3.35. The van der Waals surface area contributed by atoms with Gasteiger partial charge in [0.25, 0.3) is 0 Å². The Morgan fingerprint density at radius 2 is 1.69 bits per heavy atom. The summed E-state index contributed by atoms with van der Waals surface area (Å²) in [5, 5.41) is 3.35. The maximum Gasteiger partial charge on any atom is 0.227 e. The number of para-hydroxylation sites is 1. The molecule has 1 aromatic heterocycles. The van der Waals surface area contributed by atoms with Crippen molar-refractivity contribution < 1.29 is 9.13 Å². The van der Waals surface area contributed by atoms with E-state index in [4.69, 9.17) is 4.74 Å². The maximum atomic E-state index is 13.1. The monoisotopic (exact) mass is 393 g/mol. The Balaban J connectivity index is 1.37. The number of aromatic nitrogens is 2. The van der Waals surface area contributed by atoms with Crippen LogP contribution in [0.3, 0.4) is 0 Å². The molecule has 1 aliphatic heterocycles. The van der Waals surface area contributed by atoms with Crippen LogP contribution in [0.2, 0.25) is 0 Å². The Kier molecular flexibility index (Phi) is 5.74. The molecule has 4 rings (SSSR count). The quantitative estimate of drug-likeness (QED) is 0.691. The van der Waals surface area contributed by atoms with E-state index in [9.17, 15) is 4.39 Å². The zero-order chi connectivity index (χ0) is 20.1. The molecule has 29 heavy (non-hydrogen) atoms. The number of benzene rings is 2. The standard InChI is InChI=1S/C22H24FN5O/c1-29-20-5-3-2-4-17(20)16-25-21-10-11-24-22(26-21)28-14-12-27(13-15-28)19-8-6-18(23)7-9-19/h2-11H,12-16H2,1H3,(H,24,25,26). The number of ether oxygens (including phenoxy) is 1. The minimum Gasteiger partial charge on any atom is -0.496 e. The highest BCUT2D eigenvalue weighted by Crippen LogP contribution is 2.21. The lowest BCUT2D eigenvalue weighted by Crippen LogP contribution is -2.47. The molecule has 0 atom stereocenters. The summed E-state index contributed by atoms with van der Waals surface area (Å²) >= 11 is 0. The van der Waals surface area contributed by atoms with Gasteiger partial charge in [0.2, 0.25) is 5.95 Å². The molecule has 3 aromatic rings. The highest BCUT2D eigenvalue weighted by Gasteiger charge is 2.19. The highest BCUT2D eigenvalue weighted by molar-refractivity contribution is 5.49.